The summed E-state index contributed by atoms with van der Waals surface area (Å²) in [7, 11) is 0. The van der Waals surface area contributed by atoms with E-state index in [1.807, 2.05) is 29.6 Å². The molecular weight excluding hydrogens is 410 g/mol. The Bertz CT molecular complexity index is 1180. The monoisotopic (exact) mass is 423 g/mol. The van der Waals surface area contributed by atoms with Gasteiger partial charge in [0.25, 0.3) is 5.91 Å². The Morgan fingerprint density at radius 1 is 1.04 bits per heavy atom. The summed E-state index contributed by atoms with van der Waals surface area (Å²) in [6.45, 7) is 0. The van der Waals surface area contributed by atoms with Crippen LogP contribution in [0.15, 0.2) is 72.1 Å². The lowest BCUT2D eigenvalue weighted by Crippen LogP contribution is -2.34. The summed E-state index contributed by atoms with van der Waals surface area (Å²) in [4.78, 5) is 16.9. The number of aromatic nitrogens is 1. The van der Waals surface area contributed by atoms with Gasteiger partial charge in [-0.25, -0.2) is 4.98 Å². The van der Waals surface area contributed by atoms with Crippen molar-refractivity contribution in [3.63, 3.8) is 0 Å². The van der Waals surface area contributed by atoms with Gasteiger partial charge in [0, 0.05) is 21.5 Å². The SMILES string of the molecule is O=C(NC(=S)Nc1nc(-c2cccc3ccccc23)cs1)c1cccc(Cl)c1. The van der Waals surface area contributed by atoms with Gasteiger partial charge in [0.2, 0.25) is 0 Å². The third kappa shape index (κ3) is 4.04. The number of nitrogens with one attached hydrogen (secondary N) is 2. The van der Waals surface area contributed by atoms with Crippen LogP contribution in [0.3, 0.4) is 0 Å². The molecule has 7 heteroatoms. The molecular formula is C21H14ClN3OS2. The van der Waals surface area contributed by atoms with E-state index in [0.717, 1.165) is 22.0 Å². The van der Waals surface area contributed by atoms with E-state index < -0.39 is 0 Å². The Labute approximate surface area is 176 Å². The second kappa shape index (κ2) is 8.06. The molecule has 0 fully saturated rings. The lowest BCUT2D eigenvalue weighted by molar-refractivity contribution is 0.0977. The number of thiocarbonyl (C=S) groups is 1. The van der Waals surface area contributed by atoms with Gasteiger partial charge >= 0.3 is 0 Å². The fourth-order valence-electron chi connectivity index (χ4n) is 2.84. The average molecular weight is 424 g/mol. The van der Waals surface area contributed by atoms with E-state index in [1.165, 1.54) is 11.3 Å². The van der Waals surface area contributed by atoms with Gasteiger partial charge in [-0.2, -0.15) is 0 Å². The first-order chi connectivity index (χ1) is 13.6. The van der Waals surface area contributed by atoms with E-state index in [0.29, 0.717) is 15.7 Å². The van der Waals surface area contributed by atoms with Crippen molar-refractivity contribution in [2.24, 2.45) is 0 Å². The van der Waals surface area contributed by atoms with E-state index in [-0.39, 0.29) is 11.0 Å². The zero-order valence-electron chi connectivity index (χ0n) is 14.5. The number of fused-ring (bicyclic) bond motifs is 1. The molecule has 0 saturated carbocycles. The highest BCUT2D eigenvalue weighted by Gasteiger charge is 2.11. The first-order valence-corrected chi connectivity index (χ1v) is 10.1. The van der Waals surface area contributed by atoms with Crippen molar-refractivity contribution >= 4 is 62.1 Å². The van der Waals surface area contributed by atoms with Crippen LogP contribution in [0.4, 0.5) is 5.13 Å². The smallest absolute Gasteiger partial charge is 0.257 e. The number of halogens is 1. The van der Waals surface area contributed by atoms with E-state index in [2.05, 4.69) is 33.8 Å². The van der Waals surface area contributed by atoms with Gasteiger partial charge in [-0.05, 0) is 41.2 Å². The number of benzene rings is 3. The number of hydrogen-bond donors (Lipinski definition) is 2. The van der Waals surface area contributed by atoms with Gasteiger partial charge < -0.3 is 5.32 Å². The first-order valence-electron chi connectivity index (χ1n) is 8.42. The number of amides is 1. The van der Waals surface area contributed by atoms with Crippen molar-refractivity contribution < 1.29 is 4.79 Å². The standard InChI is InChI=1S/C21H14ClN3OS2/c22-15-8-3-7-14(11-15)19(26)24-20(27)25-21-23-18(12-28-21)17-10-4-6-13-5-1-2-9-16(13)17/h1-12H,(H2,23,24,25,26,27). The molecule has 138 valence electrons. The molecule has 0 radical (unpaired) electrons. The molecule has 4 aromatic rings. The minimum atomic E-state index is -0.328. The molecule has 1 amide bonds. The Kier molecular flexibility index (Phi) is 5.34. The van der Waals surface area contributed by atoms with Gasteiger partial charge in [-0.15, -0.1) is 11.3 Å². The highest BCUT2D eigenvalue weighted by Crippen LogP contribution is 2.30. The van der Waals surface area contributed by atoms with Crippen LogP contribution >= 0.6 is 35.2 Å². The summed E-state index contributed by atoms with van der Waals surface area (Å²) in [5.41, 5.74) is 2.34. The number of thiazole rings is 1. The predicted octanol–water partition coefficient (Wildman–Crippen LogP) is 5.74. The van der Waals surface area contributed by atoms with Crippen LogP contribution in [0.1, 0.15) is 10.4 Å². The summed E-state index contributed by atoms with van der Waals surface area (Å²) in [5.74, 6) is -0.328. The van der Waals surface area contributed by atoms with Gasteiger partial charge in [-0.3, -0.25) is 10.1 Å². The third-order valence-corrected chi connectivity index (χ3v) is 5.30. The normalized spacial score (nSPS) is 10.6. The van der Waals surface area contributed by atoms with E-state index in [4.69, 9.17) is 23.8 Å². The minimum Gasteiger partial charge on any atom is -0.308 e. The third-order valence-electron chi connectivity index (χ3n) is 4.10. The molecule has 0 spiro atoms. The number of hydrogen-bond acceptors (Lipinski definition) is 4. The zero-order chi connectivity index (χ0) is 19.5. The number of nitrogens with zero attached hydrogens (tertiary/aromatic N) is 1. The van der Waals surface area contributed by atoms with Gasteiger partial charge in [0.05, 0.1) is 5.69 Å². The maximum atomic E-state index is 12.3. The number of rotatable bonds is 3. The van der Waals surface area contributed by atoms with Crippen molar-refractivity contribution in [2.75, 3.05) is 5.32 Å². The fourth-order valence-corrected chi connectivity index (χ4v) is 4.00. The number of carbonyl (C=O) groups is 1. The number of carbonyl (C=O) groups excluding carboxylic acids is 1. The lowest BCUT2D eigenvalue weighted by atomic mass is 10.0. The molecule has 0 aliphatic carbocycles. The molecule has 4 rings (SSSR count). The van der Waals surface area contributed by atoms with Crippen LogP contribution in [0.5, 0.6) is 0 Å². The Morgan fingerprint density at radius 3 is 2.68 bits per heavy atom. The lowest BCUT2D eigenvalue weighted by Gasteiger charge is -2.07. The van der Waals surface area contributed by atoms with Gasteiger partial charge in [0.1, 0.15) is 0 Å². The molecule has 0 aliphatic heterocycles. The molecule has 4 nitrogen and oxygen atoms in total. The van der Waals surface area contributed by atoms with Crippen molar-refractivity contribution in [3.05, 3.63) is 82.7 Å². The molecule has 0 saturated heterocycles. The molecule has 1 heterocycles. The zero-order valence-corrected chi connectivity index (χ0v) is 16.9. The van der Waals surface area contributed by atoms with Gasteiger partial charge in [-0.1, -0.05) is 60.1 Å². The minimum absolute atomic E-state index is 0.184. The summed E-state index contributed by atoms with van der Waals surface area (Å²) in [6.07, 6.45) is 0. The Morgan fingerprint density at radius 2 is 1.82 bits per heavy atom. The van der Waals surface area contributed by atoms with Crippen LogP contribution in [-0.2, 0) is 0 Å². The summed E-state index contributed by atoms with van der Waals surface area (Å²) in [6, 6.07) is 21.0. The highest BCUT2D eigenvalue weighted by atomic mass is 35.5. The molecule has 0 bridgehead atoms. The van der Waals surface area contributed by atoms with Crippen molar-refractivity contribution in [3.8, 4) is 11.3 Å². The molecule has 1 aromatic heterocycles. The molecule has 3 aromatic carbocycles. The Hall–Kier alpha value is -2.80. The van der Waals surface area contributed by atoms with Crippen molar-refractivity contribution in [1.29, 1.82) is 0 Å². The predicted molar refractivity (Wildman–Crippen MR) is 120 cm³/mol. The van der Waals surface area contributed by atoms with Gasteiger partial charge in [0.15, 0.2) is 10.2 Å². The Balaban J connectivity index is 1.49. The van der Waals surface area contributed by atoms with Crippen LogP contribution in [0, 0.1) is 0 Å². The largest absolute Gasteiger partial charge is 0.308 e. The molecule has 0 atom stereocenters. The average Bonchev–Trinajstić information content (AvgIpc) is 3.15. The van der Waals surface area contributed by atoms with Crippen molar-refractivity contribution in [2.45, 2.75) is 0 Å². The summed E-state index contributed by atoms with van der Waals surface area (Å²) >= 11 is 12.6. The van der Waals surface area contributed by atoms with Crippen LogP contribution in [0.25, 0.3) is 22.0 Å². The second-order valence-electron chi connectivity index (χ2n) is 5.98. The molecule has 0 aliphatic rings. The molecule has 2 N–H and O–H groups in total. The fraction of sp³-hybridized carbons (Fsp3) is 0. The van der Waals surface area contributed by atoms with Crippen LogP contribution in [0.2, 0.25) is 5.02 Å². The van der Waals surface area contributed by atoms with E-state index >= 15 is 0 Å². The van der Waals surface area contributed by atoms with Crippen molar-refractivity contribution in [1.82, 2.24) is 10.3 Å². The number of anilines is 1. The van der Waals surface area contributed by atoms with Crippen LogP contribution < -0.4 is 10.6 Å². The summed E-state index contributed by atoms with van der Waals surface area (Å²) in [5, 5.41) is 11.2. The second-order valence-corrected chi connectivity index (χ2v) is 7.69. The highest BCUT2D eigenvalue weighted by molar-refractivity contribution is 7.80. The maximum Gasteiger partial charge on any atom is 0.257 e. The van der Waals surface area contributed by atoms with Crippen LogP contribution in [-0.4, -0.2) is 16.0 Å². The first kappa shape index (κ1) is 18.6. The topological polar surface area (TPSA) is 54.0 Å². The summed E-state index contributed by atoms with van der Waals surface area (Å²) < 4.78 is 0. The quantitative estimate of drug-likeness (QED) is 0.412. The maximum absolute atomic E-state index is 12.3. The molecule has 28 heavy (non-hydrogen) atoms. The molecule has 0 unspecified atom stereocenters. The van der Waals surface area contributed by atoms with E-state index in [1.54, 1.807) is 24.3 Å². The van der Waals surface area contributed by atoms with E-state index in [9.17, 15) is 4.79 Å².